The molecule has 0 aliphatic rings. The van der Waals surface area contributed by atoms with Crippen LogP contribution in [0.5, 0.6) is 0 Å². The molecule has 0 spiro atoms. The number of nitrogens with one attached hydrogen (secondary N) is 1. The number of carbonyl (C=O) groups is 3. The van der Waals surface area contributed by atoms with Gasteiger partial charge in [-0.05, 0) is 29.8 Å². The zero-order valence-corrected chi connectivity index (χ0v) is 11.3. The summed E-state index contributed by atoms with van der Waals surface area (Å²) in [7, 11) is 3.17. The summed E-state index contributed by atoms with van der Waals surface area (Å²) < 4.78 is 0. The number of carboxylic acid groups (broad SMARTS) is 1. The van der Waals surface area contributed by atoms with Gasteiger partial charge in [-0.1, -0.05) is 6.58 Å². The van der Waals surface area contributed by atoms with E-state index in [2.05, 4.69) is 11.9 Å². The number of aliphatic carboxylic acids is 1. The molecule has 0 atom stereocenters. The molecule has 0 saturated heterocycles. The standard InChI is InChI=1S/C14H16N2O4/c1-4-12(17)15-10-5-6-11(14(20)16(2)3)9(7-10)8-13(18)19/h4-7H,1,8H2,2-3H3,(H,15,17)(H,18,19). The fraction of sp³-hybridized carbons (Fsp3) is 0.214. The molecule has 0 aliphatic carbocycles. The minimum Gasteiger partial charge on any atom is -0.481 e. The lowest BCUT2D eigenvalue weighted by molar-refractivity contribution is -0.136. The first-order valence-corrected chi connectivity index (χ1v) is 5.85. The number of hydrogen-bond acceptors (Lipinski definition) is 3. The number of benzene rings is 1. The molecule has 1 aromatic rings. The fourth-order valence-corrected chi connectivity index (χ4v) is 1.62. The van der Waals surface area contributed by atoms with Crippen molar-refractivity contribution >= 4 is 23.5 Å². The van der Waals surface area contributed by atoms with Gasteiger partial charge < -0.3 is 15.3 Å². The maximum atomic E-state index is 12.0. The van der Waals surface area contributed by atoms with Gasteiger partial charge in [-0.2, -0.15) is 0 Å². The van der Waals surface area contributed by atoms with Crippen LogP contribution in [-0.2, 0) is 16.0 Å². The molecule has 6 heteroatoms. The highest BCUT2D eigenvalue weighted by Crippen LogP contribution is 2.18. The normalized spacial score (nSPS) is 9.70. The number of carbonyl (C=O) groups excluding carboxylic acids is 2. The molecule has 0 aliphatic heterocycles. The Bertz CT molecular complexity index is 564. The van der Waals surface area contributed by atoms with Crippen molar-refractivity contribution in [1.82, 2.24) is 4.90 Å². The van der Waals surface area contributed by atoms with Crippen molar-refractivity contribution in [2.45, 2.75) is 6.42 Å². The summed E-state index contributed by atoms with van der Waals surface area (Å²) in [4.78, 5) is 35.4. The van der Waals surface area contributed by atoms with Crippen molar-refractivity contribution in [3.63, 3.8) is 0 Å². The van der Waals surface area contributed by atoms with E-state index in [1.165, 1.54) is 17.0 Å². The number of nitrogens with zero attached hydrogens (tertiary/aromatic N) is 1. The predicted molar refractivity (Wildman–Crippen MR) is 74.6 cm³/mol. The summed E-state index contributed by atoms with van der Waals surface area (Å²) >= 11 is 0. The highest BCUT2D eigenvalue weighted by molar-refractivity contribution is 6.00. The Labute approximate surface area is 116 Å². The zero-order valence-electron chi connectivity index (χ0n) is 11.3. The van der Waals surface area contributed by atoms with Crippen LogP contribution in [0.2, 0.25) is 0 Å². The maximum absolute atomic E-state index is 12.0. The first-order valence-electron chi connectivity index (χ1n) is 5.85. The lowest BCUT2D eigenvalue weighted by Gasteiger charge is -2.14. The van der Waals surface area contributed by atoms with E-state index >= 15 is 0 Å². The number of amides is 2. The Kier molecular flexibility index (Phi) is 5.02. The predicted octanol–water partition coefficient (Wildman–Crippen LogP) is 1.14. The first kappa shape index (κ1) is 15.4. The van der Waals surface area contributed by atoms with Crippen molar-refractivity contribution in [2.24, 2.45) is 0 Å². The molecule has 0 saturated carbocycles. The van der Waals surface area contributed by atoms with Gasteiger partial charge in [-0.25, -0.2) is 0 Å². The summed E-state index contributed by atoms with van der Waals surface area (Å²) in [6, 6.07) is 4.52. The van der Waals surface area contributed by atoms with Crippen LogP contribution in [-0.4, -0.2) is 41.9 Å². The van der Waals surface area contributed by atoms with Crippen LogP contribution in [0, 0.1) is 0 Å². The second kappa shape index (κ2) is 6.51. The van der Waals surface area contributed by atoms with Gasteiger partial charge in [0.15, 0.2) is 0 Å². The molecule has 106 valence electrons. The third-order valence-corrected chi connectivity index (χ3v) is 2.54. The van der Waals surface area contributed by atoms with E-state index in [-0.39, 0.29) is 12.3 Å². The molecular weight excluding hydrogens is 260 g/mol. The largest absolute Gasteiger partial charge is 0.481 e. The van der Waals surface area contributed by atoms with Crippen LogP contribution >= 0.6 is 0 Å². The van der Waals surface area contributed by atoms with Crippen LogP contribution in [0.25, 0.3) is 0 Å². The van der Waals surface area contributed by atoms with Crippen LogP contribution in [0.3, 0.4) is 0 Å². The van der Waals surface area contributed by atoms with Crippen molar-refractivity contribution in [2.75, 3.05) is 19.4 Å². The van der Waals surface area contributed by atoms with Crippen molar-refractivity contribution < 1.29 is 19.5 Å². The average molecular weight is 276 g/mol. The lowest BCUT2D eigenvalue weighted by Crippen LogP contribution is -2.23. The Hall–Kier alpha value is -2.63. The first-order chi connectivity index (χ1) is 9.35. The van der Waals surface area contributed by atoms with Crippen molar-refractivity contribution in [1.29, 1.82) is 0 Å². The van der Waals surface area contributed by atoms with Gasteiger partial charge in [-0.3, -0.25) is 14.4 Å². The van der Waals surface area contributed by atoms with E-state index in [0.717, 1.165) is 6.08 Å². The summed E-state index contributed by atoms with van der Waals surface area (Å²) in [5, 5.41) is 11.4. The van der Waals surface area contributed by atoms with Gasteiger partial charge in [0.25, 0.3) is 5.91 Å². The Morgan fingerprint density at radius 3 is 2.50 bits per heavy atom. The molecular formula is C14H16N2O4. The highest BCUT2D eigenvalue weighted by Gasteiger charge is 2.16. The molecule has 0 bridgehead atoms. The monoisotopic (exact) mass is 276 g/mol. The second-order valence-corrected chi connectivity index (χ2v) is 4.34. The number of rotatable bonds is 5. The van der Waals surface area contributed by atoms with E-state index in [1.807, 2.05) is 0 Å². The van der Waals surface area contributed by atoms with E-state index in [0.29, 0.717) is 16.8 Å². The maximum Gasteiger partial charge on any atom is 0.307 e. The van der Waals surface area contributed by atoms with Crippen LogP contribution in [0.1, 0.15) is 15.9 Å². The molecule has 1 aromatic carbocycles. The van der Waals surface area contributed by atoms with Gasteiger partial charge in [0.05, 0.1) is 6.42 Å². The summed E-state index contributed by atoms with van der Waals surface area (Å²) in [5.41, 5.74) is 1.06. The van der Waals surface area contributed by atoms with E-state index in [1.54, 1.807) is 20.2 Å². The molecule has 2 amide bonds. The Morgan fingerprint density at radius 2 is 2.00 bits per heavy atom. The van der Waals surface area contributed by atoms with Gasteiger partial charge in [0.1, 0.15) is 0 Å². The van der Waals surface area contributed by atoms with Gasteiger partial charge >= 0.3 is 5.97 Å². The number of hydrogen-bond donors (Lipinski definition) is 2. The molecule has 6 nitrogen and oxygen atoms in total. The fourth-order valence-electron chi connectivity index (χ4n) is 1.62. The van der Waals surface area contributed by atoms with E-state index in [9.17, 15) is 14.4 Å². The topological polar surface area (TPSA) is 86.7 Å². The average Bonchev–Trinajstić information content (AvgIpc) is 2.37. The van der Waals surface area contributed by atoms with Gasteiger partial charge in [0, 0.05) is 25.3 Å². The summed E-state index contributed by atoms with van der Waals surface area (Å²) in [6.45, 7) is 3.33. The molecule has 0 radical (unpaired) electrons. The highest BCUT2D eigenvalue weighted by atomic mass is 16.4. The molecule has 20 heavy (non-hydrogen) atoms. The van der Waals surface area contributed by atoms with Gasteiger partial charge in [0.2, 0.25) is 5.91 Å². The molecule has 0 aromatic heterocycles. The Morgan fingerprint density at radius 1 is 1.35 bits per heavy atom. The van der Waals surface area contributed by atoms with Crippen LogP contribution in [0.15, 0.2) is 30.9 Å². The van der Waals surface area contributed by atoms with Crippen LogP contribution < -0.4 is 5.32 Å². The lowest BCUT2D eigenvalue weighted by atomic mass is 10.0. The van der Waals surface area contributed by atoms with E-state index in [4.69, 9.17) is 5.11 Å². The minimum absolute atomic E-state index is 0.289. The quantitative estimate of drug-likeness (QED) is 0.789. The smallest absolute Gasteiger partial charge is 0.307 e. The van der Waals surface area contributed by atoms with Crippen molar-refractivity contribution in [3.8, 4) is 0 Å². The minimum atomic E-state index is -1.05. The summed E-state index contributed by atoms with van der Waals surface area (Å²) in [5.74, 6) is -1.74. The number of carboxylic acids is 1. The zero-order chi connectivity index (χ0) is 15.3. The SMILES string of the molecule is C=CC(=O)Nc1ccc(C(=O)N(C)C)c(CC(=O)O)c1. The van der Waals surface area contributed by atoms with E-state index < -0.39 is 11.9 Å². The van der Waals surface area contributed by atoms with Crippen LogP contribution in [0.4, 0.5) is 5.69 Å². The summed E-state index contributed by atoms with van der Waals surface area (Å²) in [6.07, 6.45) is 0.808. The Balaban J connectivity index is 3.18. The van der Waals surface area contributed by atoms with Crippen molar-refractivity contribution in [3.05, 3.63) is 42.0 Å². The molecule has 1 rings (SSSR count). The number of anilines is 1. The molecule has 2 N–H and O–H groups in total. The third kappa shape index (κ3) is 3.94. The second-order valence-electron chi connectivity index (χ2n) is 4.34. The molecule has 0 fully saturated rings. The van der Waals surface area contributed by atoms with Gasteiger partial charge in [-0.15, -0.1) is 0 Å². The third-order valence-electron chi connectivity index (χ3n) is 2.54. The molecule has 0 unspecified atom stereocenters. The molecule has 0 heterocycles.